The van der Waals surface area contributed by atoms with Gasteiger partial charge in [0.15, 0.2) is 11.5 Å². The van der Waals surface area contributed by atoms with Gasteiger partial charge in [-0.05, 0) is 6.07 Å². The molecule has 1 heterocycles. The Morgan fingerprint density at radius 3 is 2.38 bits per heavy atom. The average Bonchev–Trinajstić information content (AvgIpc) is 2.03. The van der Waals surface area contributed by atoms with Gasteiger partial charge in [-0.15, -0.1) is 0 Å². The molecule has 0 aliphatic carbocycles. The second-order valence-electron chi connectivity index (χ2n) is 2.18. The van der Waals surface area contributed by atoms with Gasteiger partial charge in [0.05, 0.1) is 7.11 Å². The molecule has 1 aromatic heterocycles. The van der Waals surface area contributed by atoms with Crippen molar-refractivity contribution in [2.45, 2.75) is 6.18 Å². The van der Waals surface area contributed by atoms with Gasteiger partial charge < -0.3 is 4.74 Å². The Labute approximate surface area is 71.2 Å². The minimum atomic E-state index is -4.79. The summed E-state index contributed by atoms with van der Waals surface area (Å²) in [7, 11) is 1.15. The Balaban J connectivity index is 3.19. The molecule has 1 aromatic rings. The lowest BCUT2D eigenvalue weighted by atomic mass is 10.3. The maximum Gasteiger partial charge on any atom is 0.436 e. The number of methoxy groups -OCH3 is 1. The molecular weight excluding hydrogens is 190 g/mol. The third kappa shape index (κ3) is 2.07. The number of ether oxygens (including phenoxy) is 1. The molecule has 0 atom stereocenters. The highest BCUT2D eigenvalue weighted by Gasteiger charge is 2.36. The van der Waals surface area contributed by atoms with Gasteiger partial charge in [0.25, 0.3) is 0 Å². The molecule has 0 unspecified atom stereocenters. The largest absolute Gasteiger partial charge is 0.481 e. The van der Waals surface area contributed by atoms with Crippen LogP contribution in [0.25, 0.3) is 0 Å². The summed E-state index contributed by atoms with van der Waals surface area (Å²) < 4.78 is 53.0. The van der Waals surface area contributed by atoms with Gasteiger partial charge in [0, 0.05) is 6.07 Å². The second kappa shape index (κ2) is 3.20. The third-order valence-electron chi connectivity index (χ3n) is 1.30. The minimum absolute atomic E-state index is 0.270. The molecule has 0 N–H and O–H groups in total. The number of rotatable bonds is 1. The van der Waals surface area contributed by atoms with E-state index in [1.807, 2.05) is 0 Å². The molecule has 0 aliphatic heterocycles. The number of nitrogens with zero attached hydrogens (tertiary/aromatic N) is 1. The number of hydrogen-bond donors (Lipinski definition) is 0. The number of pyridine rings is 1. The number of halogens is 4. The van der Waals surface area contributed by atoms with Gasteiger partial charge in [0.1, 0.15) is 0 Å². The van der Waals surface area contributed by atoms with E-state index in [4.69, 9.17) is 0 Å². The Morgan fingerprint density at radius 2 is 1.92 bits per heavy atom. The number of hydrogen-bond acceptors (Lipinski definition) is 2. The highest BCUT2D eigenvalue weighted by Crippen LogP contribution is 2.30. The second-order valence-corrected chi connectivity index (χ2v) is 2.18. The first-order valence-electron chi connectivity index (χ1n) is 3.23. The zero-order chi connectivity index (χ0) is 10.1. The first-order chi connectivity index (χ1) is 5.95. The van der Waals surface area contributed by atoms with E-state index in [1.54, 1.807) is 0 Å². The molecule has 6 heteroatoms. The molecule has 2 nitrogen and oxygen atoms in total. The predicted molar refractivity (Wildman–Crippen MR) is 35.7 cm³/mol. The highest BCUT2D eigenvalue weighted by molar-refractivity contribution is 5.19. The molecular formula is C7H5F4NO. The summed E-state index contributed by atoms with van der Waals surface area (Å²) in [6.07, 6.45) is -4.79. The fourth-order valence-electron chi connectivity index (χ4n) is 0.737. The van der Waals surface area contributed by atoms with Crippen LogP contribution in [0.1, 0.15) is 5.69 Å². The molecule has 0 amide bonds. The topological polar surface area (TPSA) is 22.1 Å². The van der Waals surface area contributed by atoms with Crippen LogP contribution in [0.2, 0.25) is 0 Å². The Hall–Kier alpha value is -1.33. The number of alkyl halides is 3. The van der Waals surface area contributed by atoms with Crippen molar-refractivity contribution in [1.82, 2.24) is 4.98 Å². The zero-order valence-corrected chi connectivity index (χ0v) is 6.52. The number of aromatic nitrogens is 1. The van der Waals surface area contributed by atoms with E-state index in [2.05, 4.69) is 9.72 Å². The molecule has 72 valence electrons. The van der Waals surface area contributed by atoms with Crippen LogP contribution in [-0.2, 0) is 6.18 Å². The van der Waals surface area contributed by atoms with Crippen molar-refractivity contribution >= 4 is 0 Å². The van der Waals surface area contributed by atoms with Crippen molar-refractivity contribution in [2.75, 3.05) is 7.11 Å². The van der Waals surface area contributed by atoms with E-state index in [-0.39, 0.29) is 5.88 Å². The van der Waals surface area contributed by atoms with E-state index >= 15 is 0 Å². The minimum Gasteiger partial charge on any atom is -0.481 e. The van der Waals surface area contributed by atoms with Crippen LogP contribution in [0.3, 0.4) is 0 Å². The average molecular weight is 195 g/mol. The van der Waals surface area contributed by atoms with Crippen LogP contribution in [0.5, 0.6) is 5.88 Å². The lowest BCUT2D eigenvalue weighted by molar-refractivity contribution is -0.143. The molecule has 0 radical (unpaired) electrons. The zero-order valence-electron chi connectivity index (χ0n) is 6.52. The standard InChI is InChI=1S/C7H5F4NO/c1-13-5-3-2-4(8)6(12-5)7(9,10)11/h2-3H,1H3. The molecule has 0 aliphatic rings. The van der Waals surface area contributed by atoms with Gasteiger partial charge in [-0.3, -0.25) is 0 Å². The van der Waals surface area contributed by atoms with Gasteiger partial charge in [-0.25, -0.2) is 9.37 Å². The first-order valence-corrected chi connectivity index (χ1v) is 3.23. The fourth-order valence-corrected chi connectivity index (χ4v) is 0.737. The predicted octanol–water partition coefficient (Wildman–Crippen LogP) is 2.25. The summed E-state index contributed by atoms with van der Waals surface area (Å²) in [5, 5.41) is 0. The lowest BCUT2D eigenvalue weighted by Gasteiger charge is -2.07. The van der Waals surface area contributed by atoms with Crippen LogP contribution in [0.15, 0.2) is 12.1 Å². The maximum absolute atomic E-state index is 12.6. The van der Waals surface area contributed by atoms with Crippen LogP contribution < -0.4 is 4.74 Å². The van der Waals surface area contributed by atoms with E-state index in [9.17, 15) is 17.6 Å². The van der Waals surface area contributed by atoms with E-state index in [0.29, 0.717) is 6.07 Å². The molecule has 0 saturated carbocycles. The summed E-state index contributed by atoms with van der Waals surface area (Å²) in [5.41, 5.74) is -1.56. The maximum atomic E-state index is 12.6. The van der Waals surface area contributed by atoms with Crippen LogP contribution in [0, 0.1) is 5.82 Å². The summed E-state index contributed by atoms with van der Waals surface area (Å²) in [6.45, 7) is 0. The van der Waals surface area contributed by atoms with Crippen LogP contribution in [-0.4, -0.2) is 12.1 Å². The van der Waals surface area contributed by atoms with Crippen LogP contribution in [0.4, 0.5) is 17.6 Å². The van der Waals surface area contributed by atoms with Gasteiger partial charge in [0.2, 0.25) is 5.88 Å². The molecule has 0 saturated heterocycles. The first kappa shape index (κ1) is 9.76. The SMILES string of the molecule is COc1ccc(F)c(C(F)(F)F)n1. The summed E-state index contributed by atoms with van der Waals surface area (Å²) in [5.74, 6) is -1.68. The normalized spacial score (nSPS) is 11.5. The quantitative estimate of drug-likeness (QED) is 0.641. The van der Waals surface area contributed by atoms with E-state index in [1.165, 1.54) is 0 Å². The Morgan fingerprint density at radius 1 is 1.31 bits per heavy atom. The summed E-state index contributed by atoms with van der Waals surface area (Å²) in [6, 6.07) is 1.68. The van der Waals surface area contributed by atoms with Crippen molar-refractivity contribution in [3.8, 4) is 5.88 Å². The summed E-state index contributed by atoms with van der Waals surface area (Å²) in [4.78, 5) is 2.94. The molecule has 0 fully saturated rings. The Kier molecular flexibility index (Phi) is 2.40. The van der Waals surface area contributed by atoms with Crippen molar-refractivity contribution < 1.29 is 22.3 Å². The molecule has 0 aromatic carbocycles. The summed E-state index contributed by atoms with van der Waals surface area (Å²) >= 11 is 0. The highest BCUT2D eigenvalue weighted by atomic mass is 19.4. The van der Waals surface area contributed by atoms with Gasteiger partial charge in [-0.2, -0.15) is 13.2 Å². The monoisotopic (exact) mass is 195 g/mol. The van der Waals surface area contributed by atoms with E-state index in [0.717, 1.165) is 13.2 Å². The third-order valence-corrected chi connectivity index (χ3v) is 1.30. The molecule has 0 spiro atoms. The van der Waals surface area contributed by atoms with Crippen molar-refractivity contribution in [1.29, 1.82) is 0 Å². The molecule has 13 heavy (non-hydrogen) atoms. The Bertz CT molecular complexity index is 310. The molecule has 0 bridgehead atoms. The van der Waals surface area contributed by atoms with E-state index < -0.39 is 17.7 Å². The lowest BCUT2D eigenvalue weighted by Crippen LogP contribution is -2.11. The van der Waals surface area contributed by atoms with Crippen molar-refractivity contribution in [3.63, 3.8) is 0 Å². The van der Waals surface area contributed by atoms with Crippen molar-refractivity contribution in [3.05, 3.63) is 23.6 Å². The van der Waals surface area contributed by atoms with Crippen LogP contribution >= 0.6 is 0 Å². The van der Waals surface area contributed by atoms with Crippen molar-refractivity contribution in [2.24, 2.45) is 0 Å². The fraction of sp³-hybridized carbons (Fsp3) is 0.286. The van der Waals surface area contributed by atoms with Gasteiger partial charge >= 0.3 is 6.18 Å². The smallest absolute Gasteiger partial charge is 0.436 e. The molecule has 1 rings (SSSR count). The van der Waals surface area contributed by atoms with Gasteiger partial charge in [-0.1, -0.05) is 0 Å².